The van der Waals surface area contributed by atoms with Gasteiger partial charge in [-0.2, -0.15) is 0 Å². The summed E-state index contributed by atoms with van der Waals surface area (Å²) >= 11 is 0. The second-order valence-electron chi connectivity index (χ2n) is 6.28. The van der Waals surface area contributed by atoms with Crippen molar-refractivity contribution in [3.8, 4) is 17.2 Å². The van der Waals surface area contributed by atoms with Gasteiger partial charge < -0.3 is 24.6 Å². The summed E-state index contributed by atoms with van der Waals surface area (Å²) in [4.78, 5) is 24.0. The fourth-order valence-electron chi connectivity index (χ4n) is 3.13. The van der Waals surface area contributed by atoms with Crippen molar-refractivity contribution < 1.29 is 28.9 Å². The van der Waals surface area contributed by atoms with Crippen LogP contribution >= 0.6 is 0 Å². The van der Waals surface area contributed by atoms with E-state index < -0.39 is 5.97 Å². The summed E-state index contributed by atoms with van der Waals surface area (Å²) in [6.45, 7) is 0. The van der Waals surface area contributed by atoms with E-state index in [4.69, 9.17) is 14.2 Å². The third-order valence-electron chi connectivity index (χ3n) is 4.63. The second kappa shape index (κ2) is 7.57. The number of carbonyl (C=O) groups excluding carboxylic acids is 1. The molecule has 0 bridgehead atoms. The zero-order chi connectivity index (χ0) is 19.6. The Morgan fingerprint density at radius 3 is 2.48 bits per heavy atom. The average molecular weight is 371 g/mol. The van der Waals surface area contributed by atoms with E-state index in [9.17, 15) is 14.7 Å². The maximum Gasteiger partial charge on any atom is 0.335 e. The number of rotatable bonds is 7. The number of amides is 1. The molecule has 0 unspecified atom stereocenters. The number of hydrogen-bond donors (Lipinski definition) is 2. The Balaban J connectivity index is 1.80. The number of anilines is 1. The van der Waals surface area contributed by atoms with Crippen LogP contribution in [0.4, 0.5) is 5.69 Å². The van der Waals surface area contributed by atoms with Gasteiger partial charge in [0.05, 0.1) is 32.6 Å². The number of nitrogens with one attached hydrogen (secondary N) is 1. The Kier molecular flexibility index (Phi) is 5.21. The third-order valence-corrected chi connectivity index (χ3v) is 4.63. The molecule has 142 valence electrons. The molecule has 2 aromatic carbocycles. The predicted octanol–water partition coefficient (Wildman–Crippen LogP) is 3.15. The van der Waals surface area contributed by atoms with Gasteiger partial charge in [0.1, 0.15) is 5.75 Å². The number of benzene rings is 2. The van der Waals surface area contributed by atoms with E-state index in [1.807, 2.05) is 24.3 Å². The molecule has 0 heterocycles. The lowest BCUT2D eigenvalue weighted by molar-refractivity contribution is -0.117. The smallest absolute Gasteiger partial charge is 0.335 e. The van der Waals surface area contributed by atoms with Crippen LogP contribution < -0.4 is 19.5 Å². The number of methoxy groups -OCH3 is 3. The first kappa shape index (κ1) is 18.6. The summed E-state index contributed by atoms with van der Waals surface area (Å²) < 4.78 is 15.7. The molecule has 0 radical (unpaired) electrons. The Labute approximate surface area is 156 Å². The highest BCUT2D eigenvalue weighted by Gasteiger charge is 2.44. The van der Waals surface area contributed by atoms with Crippen molar-refractivity contribution in [2.45, 2.75) is 12.3 Å². The molecule has 3 rings (SSSR count). The number of ether oxygens (including phenoxy) is 3. The van der Waals surface area contributed by atoms with Gasteiger partial charge in [0.25, 0.3) is 0 Å². The largest absolute Gasteiger partial charge is 0.497 e. The first-order valence-corrected chi connectivity index (χ1v) is 8.42. The van der Waals surface area contributed by atoms with Crippen LogP contribution in [0.15, 0.2) is 36.4 Å². The molecule has 2 N–H and O–H groups in total. The van der Waals surface area contributed by atoms with Gasteiger partial charge in [0.2, 0.25) is 5.91 Å². The molecule has 0 spiro atoms. The summed E-state index contributed by atoms with van der Waals surface area (Å²) in [5.41, 5.74) is 1.32. The van der Waals surface area contributed by atoms with Gasteiger partial charge in [0.15, 0.2) is 11.5 Å². The fourth-order valence-corrected chi connectivity index (χ4v) is 3.13. The quantitative estimate of drug-likeness (QED) is 0.776. The van der Waals surface area contributed by atoms with E-state index >= 15 is 0 Å². The summed E-state index contributed by atoms with van der Waals surface area (Å²) in [5.74, 6) is -0.115. The van der Waals surface area contributed by atoms with E-state index in [-0.39, 0.29) is 40.5 Å². The Bertz CT molecular complexity index is 879. The molecule has 2 atom stereocenters. The van der Waals surface area contributed by atoms with Gasteiger partial charge in [0, 0.05) is 5.92 Å². The van der Waals surface area contributed by atoms with Crippen molar-refractivity contribution in [1.29, 1.82) is 0 Å². The number of carbonyl (C=O) groups is 2. The molecular weight excluding hydrogens is 350 g/mol. The van der Waals surface area contributed by atoms with Crippen molar-refractivity contribution in [1.82, 2.24) is 0 Å². The second-order valence-corrected chi connectivity index (χ2v) is 6.28. The summed E-state index contributed by atoms with van der Waals surface area (Å²) in [7, 11) is 4.45. The monoisotopic (exact) mass is 371 g/mol. The van der Waals surface area contributed by atoms with Gasteiger partial charge in [-0.15, -0.1) is 0 Å². The molecule has 1 fully saturated rings. The van der Waals surface area contributed by atoms with Crippen LogP contribution in [0.1, 0.15) is 28.3 Å². The molecule has 1 saturated carbocycles. The average Bonchev–Trinajstić information content (AvgIpc) is 3.48. The van der Waals surface area contributed by atoms with E-state index in [2.05, 4.69) is 5.32 Å². The number of hydrogen-bond acceptors (Lipinski definition) is 5. The normalized spacial score (nSPS) is 17.7. The lowest BCUT2D eigenvalue weighted by atomic mass is 10.1. The number of carboxylic acid groups (broad SMARTS) is 1. The standard InChI is InChI=1S/C20H21NO6/c1-25-13-6-4-5-11(7-13)14-10-15(14)19(22)21-16-8-12(20(23)24)9-17(26-2)18(16)27-3/h4-9,14-15H,10H2,1-3H3,(H,21,22)(H,23,24)/t14-,15+/m0/s1. The maximum absolute atomic E-state index is 12.7. The van der Waals surface area contributed by atoms with Crippen molar-refractivity contribution in [2.24, 2.45) is 5.92 Å². The summed E-state index contributed by atoms with van der Waals surface area (Å²) in [6.07, 6.45) is 0.719. The molecule has 0 aliphatic heterocycles. The molecule has 0 saturated heterocycles. The Hall–Kier alpha value is -3.22. The van der Waals surface area contributed by atoms with Gasteiger partial charge >= 0.3 is 5.97 Å². The molecule has 1 amide bonds. The SMILES string of the molecule is COc1cccc([C@@H]2C[C@H]2C(=O)Nc2cc(C(=O)O)cc(OC)c2OC)c1. The van der Waals surface area contributed by atoms with Gasteiger partial charge in [-0.25, -0.2) is 4.79 Å². The van der Waals surface area contributed by atoms with E-state index in [1.54, 1.807) is 7.11 Å². The maximum atomic E-state index is 12.7. The zero-order valence-corrected chi connectivity index (χ0v) is 15.3. The lowest BCUT2D eigenvalue weighted by Gasteiger charge is -2.15. The van der Waals surface area contributed by atoms with E-state index in [0.717, 1.165) is 17.7 Å². The molecule has 2 aromatic rings. The van der Waals surface area contributed by atoms with Gasteiger partial charge in [-0.3, -0.25) is 4.79 Å². The summed E-state index contributed by atoms with van der Waals surface area (Å²) in [6, 6.07) is 10.4. The van der Waals surface area contributed by atoms with Crippen LogP contribution in [0.3, 0.4) is 0 Å². The molecule has 0 aromatic heterocycles. The molecule has 7 heteroatoms. The minimum absolute atomic E-state index is 0.00286. The highest BCUT2D eigenvalue weighted by molar-refractivity contribution is 5.99. The highest BCUT2D eigenvalue weighted by atomic mass is 16.5. The molecule has 1 aliphatic carbocycles. The fraction of sp³-hybridized carbons (Fsp3) is 0.300. The highest BCUT2D eigenvalue weighted by Crippen LogP contribution is 2.49. The van der Waals surface area contributed by atoms with E-state index in [0.29, 0.717) is 0 Å². The van der Waals surface area contributed by atoms with Crippen LogP contribution in [0.25, 0.3) is 0 Å². The van der Waals surface area contributed by atoms with Gasteiger partial charge in [-0.1, -0.05) is 12.1 Å². The van der Waals surface area contributed by atoms with Crippen LogP contribution in [0.2, 0.25) is 0 Å². The van der Waals surface area contributed by atoms with Gasteiger partial charge in [-0.05, 0) is 42.2 Å². The van der Waals surface area contributed by atoms with Crippen LogP contribution in [-0.4, -0.2) is 38.3 Å². The molecule has 7 nitrogen and oxygen atoms in total. The minimum atomic E-state index is -1.12. The molecule has 1 aliphatic rings. The first-order chi connectivity index (χ1) is 13.0. The number of carboxylic acids is 1. The summed E-state index contributed by atoms with van der Waals surface area (Å²) in [5, 5.41) is 12.1. The molecule has 27 heavy (non-hydrogen) atoms. The van der Waals surface area contributed by atoms with E-state index in [1.165, 1.54) is 26.4 Å². The Morgan fingerprint density at radius 2 is 1.85 bits per heavy atom. The van der Waals surface area contributed by atoms with Crippen molar-refractivity contribution in [3.63, 3.8) is 0 Å². The van der Waals surface area contributed by atoms with Crippen molar-refractivity contribution >= 4 is 17.6 Å². The van der Waals surface area contributed by atoms with Crippen molar-refractivity contribution in [3.05, 3.63) is 47.5 Å². The third kappa shape index (κ3) is 3.81. The number of aromatic carboxylic acids is 1. The van der Waals surface area contributed by atoms with Crippen LogP contribution in [0.5, 0.6) is 17.2 Å². The lowest BCUT2D eigenvalue weighted by Crippen LogP contribution is -2.16. The zero-order valence-electron chi connectivity index (χ0n) is 15.3. The van der Waals surface area contributed by atoms with Crippen molar-refractivity contribution in [2.75, 3.05) is 26.6 Å². The molecular formula is C20H21NO6. The van der Waals surface area contributed by atoms with Crippen LogP contribution in [0, 0.1) is 5.92 Å². The first-order valence-electron chi connectivity index (χ1n) is 8.42. The minimum Gasteiger partial charge on any atom is -0.497 e. The predicted molar refractivity (Wildman–Crippen MR) is 99.0 cm³/mol. The Morgan fingerprint density at radius 1 is 1.07 bits per heavy atom. The topological polar surface area (TPSA) is 94.1 Å². The van der Waals surface area contributed by atoms with Crippen LogP contribution in [-0.2, 0) is 4.79 Å².